The van der Waals surface area contributed by atoms with E-state index in [-0.39, 0.29) is 11.0 Å². The Bertz CT molecular complexity index is 240. The van der Waals surface area contributed by atoms with Crippen molar-refractivity contribution < 1.29 is 14.2 Å². The molecule has 1 aliphatic carbocycles. The van der Waals surface area contributed by atoms with E-state index in [1.165, 1.54) is 25.7 Å². The van der Waals surface area contributed by atoms with Gasteiger partial charge in [0.1, 0.15) is 0 Å². The quantitative estimate of drug-likeness (QED) is 0.641. The van der Waals surface area contributed by atoms with Crippen LogP contribution in [0.2, 0.25) is 0 Å². The molecule has 1 atom stereocenters. The van der Waals surface area contributed by atoms with Crippen LogP contribution in [0.3, 0.4) is 0 Å². The second-order valence-corrected chi connectivity index (χ2v) is 6.48. The third-order valence-corrected chi connectivity index (χ3v) is 4.89. The molecule has 1 rings (SSSR count). The van der Waals surface area contributed by atoms with Crippen molar-refractivity contribution >= 4 is 0 Å². The molecule has 1 aliphatic rings. The van der Waals surface area contributed by atoms with E-state index in [2.05, 4.69) is 20.8 Å². The number of hydrogen-bond donors (Lipinski definition) is 0. The number of ether oxygens (including phenoxy) is 3. The second kappa shape index (κ2) is 7.61. The summed E-state index contributed by atoms with van der Waals surface area (Å²) < 4.78 is 17.3. The maximum atomic E-state index is 6.32. The first kappa shape index (κ1) is 16.9. The lowest BCUT2D eigenvalue weighted by Crippen LogP contribution is -2.44. The zero-order valence-electron chi connectivity index (χ0n) is 13.5. The van der Waals surface area contributed by atoms with Crippen LogP contribution in [0.1, 0.15) is 52.9 Å². The van der Waals surface area contributed by atoms with Gasteiger partial charge in [-0.3, -0.25) is 0 Å². The summed E-state index contributed by atoms with van der Waals surface area (Å²) in [5, 5.41) is 0. The number of hydrogen-bond acceptors (Lipinski definition) is 3. The first-order valence-corrected chi connectivity index (χ1v) is 7.64. The van der Waals surface area contributed by atoms with E-state index in [9.17, 15) is 0 Å². The Labute approximate surface area is 119 Å². The summed E-state index contributed by atoms with van der Waals surface area (Å²) >= 11 is 0. The molecule has 0 N–H and O–H groups in total. The lowest BCUT2D eigenvalue weighted by molar-refractivity contribution is -0.126. The molecular weight excluding hydrogens is 240 g/mol. The van der Waals surface area contributed by atoms with Gasteiger partial charge in [-0.15, -0.1) is 0 Å². The largest absolute Gasteiger partial charge is 0.384 e. The molecule has 1 saturated carbocycles. The van der Waals surface area contributed by atoms with Crippen molar-refractivity contribution in [2.75, 3.05) is 34.0 Å². The SMILES string of the molecule is CCC(C)C(COC)(COC)COC1(C)CCCC1. The topological polar surface area (TPSA) is 27.7 Å². The van der Waals surface area contributed by atoms with Gasteiger partial charge in [0.2, 0.25) is 0 Å². The van der Waals surface area contributed by atoms with Crippen LogP contribution < -0.4 is 0 Å². The van der Waals surface area contributed by atoms with E-state index >= 15 is 0 Å². The van der Waals surface area contributed by atoms with Crippen molar-refractivity contribution in [2.24, 2.45) is 11.3 Å². The van der Waals surface area contributed by atoms with Crippen molar-refractivity contribution in [3.63, 3.8) is 0 Å². The zero-order chi connectivity index (χ0) is 14.4. The van der Waals surface area contributed by atoms with Gasteiger partial charge in [-0.2, -0.15) is 0 Å². The molecule has 114 valence electrons. The lowest BCUT2D eigenvalue weighted by Gasteiger charge is -2.40. The smallest absolute Gasteiger partial charge is 0.0654 e. The summed E-state index contributed by atoms with van der Waals surface area (Å²) in [6, 6.07) is 0. The van der Waals surface area contributed by atoms with Gasteiger partial charge in [0.05, 0.1) is 25.4 Å². The van der Waals surface area contributed by atoms with Crippen LogP contribution in [0.25, 0.3) is 0 Å². The minimum atomic E-state index is -0.0240. The molecule has 1 unspecified atom stereocenters. The monoisotopic (exact) mass is 272 g/mol. The summed E-state index contributed by atoms with van der Waals surface area (Å²) in [5.41, 5.74) is 0.0457. The van der Waals surface area contributed by atoms with E-state index in [0.29, 0.717) is 19.1 Å². The Balaban J connectivity index is 2.70. The summed E-state index contributed by atoms with van der Waals surface area (Å²) in [7, 11) is 3.54. The van der Waals surface area contributed by atoms with Crippen LogP contribution in [-0.2, 0) is 14.2 Å². The van der Waals surface area contributed by atoms with Crippen LogP contribution in [-0.4, -0.2) is 39.6 Å². The molecule has 0 aliphatic heterocycles. The third-order valence-electron chi connectivity index (χ3n) is 4.89. The third kappa shape index (κ3) is 4.44. The van der Waals surface area contributed by atoms with Gasteiger partial charge in [0.15, 0.2) is 0 Å². The van der Waals surface area contributed by atoms with Crippen molar-refractivity contribution in [1.82, 2.24) is 0 Å². The Kier molecular flexibility index (Phi) is 6.78. The van der Waals surface area contributed by atoms with Crippen LogP contribution in [0.4, 0.5) is 0 Å². The predicted octanol–water partition coefficient (Wildman–Crippen LogP) is 3.66. The summed E-state index contributed by atoms with van der Waals surface area (Å²) in [6.45, 7) is 8.89. The fourth-order valence-corrected chi connectivity index (χ4v) is 3.14. The predicted molar refractivity (Wildman–Crippen MR) is 78.5 cm³/mol. The van der Waals surface area contributed by atoms with Gasteiger partial charge in [0.25, 0.3) is 0 Å². The fourth-order valence-electron chi connectivity index (χ4n) is 3.14. The average molecular weight is 272 g/mol. The molecule has 0 amide bonds. The molecule has 0 aromatic carbocycles. The maximum absolute atomic E-state index is 6.32. The fraction of sp³-hybridized carbons (Fsp3) is 1.00. The van der Waals surface area contributed by atoms with Gasteiger partial charge in [-0.25, -0.2) is 0 Å². The normalized spacial score (nSPS) is 20.7. The van der Waals surface area contributed by atoms with Crippen LogP contribution in [0, 0.1) is 11.3 Å². The van der Waals surface area contributed by atoms with E-state index in [1.54, 1.807) is 14.2 Å². The maximum Gasteiger partial charge on any atom is 0.0654 e. The minimum Gasteiger partial charge on any atom is -0.384 e. The standard InChI is InChI=1S/C16H32O3/c1-6-14(2)16(11-17-4,12-18-5)13-19-15(3)9-7-8-10-15/h14H,6-13H2,1-5H3. The molecule has 1 fully saturated rings. The van der Waals surface area contributed by atoms with E-state index in [4.69, 9.17) is 14.2 Å². The van der Waals surface area contributed by atoms with Gasteiger partial charge in [-0.1, -0.05) is 33.1 Å². The molecule has 0 bridgehead atoms. The van der Waals surface area contributed by atoms with Crippen LogP contribution in [0.5, 0.6) is 0 Å². The molecule has 3 nitrogen and oxygen atoms in total. The Hall–Kier alpha value is -0.120. The highest BCUT2D eigenvalue weighted by Gasteiger charge is 2.39. The molecule has 0 heterocycles. The number of rotatable bonds is 9. The Morgan fingerprint density at radius 1 is 1.05 bits per heavy atom. The average Bonchev–Trinajstić information content (AvgIpc) is 2.83. The van der Waals surface area contributed by atoms with Gasteiger partial charge >= 0.3 is 0 Å². The highest BCUT2D eigenvalue weighted by Crippen LogP contribution is 2.37. The van der Waals surface area contributed by atoms with Crippen LogP contribution in [0.15, 0.2) is 0 Å². The lowest BCUT2D eigenvalue weighted by atomic mass is 9.76. The number of methoxy groups -OCH3 is 2. The van der Waals surface area contributed by atoms with E-state index in [1.807, 2.05) is 0 Å². The highest BCUT2D eigenvalue weighted by atomic mass is 16.5. The second-order valence-electron chi connectivity index (χ2n) is 6.48. The molecule has 19 heavy (non-hydrogen) atoms. The first-order valence-electron chi connectivity index (χ1n) is 7.64. The van der Waals surface area contributed by atoms with Gasteiger partial charge < -0.3 is 14.2 Å². The van der Waals surface area contributed by atoms with Crippen molar-refractivity contribution in [1.29, 1.82) is 0 Å². The zero-order valence-corrected chi connectivity index (χ0v) is 13.5. The molecular formula is C16H32O3. The van der Waals surface area contributed by atoms with E-state index < -0.39 is 0 Å². The molecule has 0 aromatic heterocycles. The molecule has 0 spiro atoms. The van der Waals surface area contributed by atoms with Gasteiger partial charge in [-0.05, 0) is 25.7 Å². The molecule has 0 saturated heterocycles. The Morgan fingerprint density at radius 3 is 2.00 bits per heavy atom. The molecule has 0 aromatic rings. The molecule has 3 heteroatoms. The van der Waals surface area contributed by atoms with E-state index in [0.717, 1.165) is 13.0 Å². The minimum absolute atomic E-state index is 0.0240. The van der Waals surface area contributed by atoms with Crippen molar-refractivity contribution in [2.45, 2.75) is 58.5 Å². The van der Waals surface area contributed by atoms with Crippen LogP contribution >= 0.6 is 0 Å². The Morgan fingerprint density at radius 2 is 1.58 bits per heavy atom. The van der Waals surface area contributed by atoms with Crippen molar-refractivity contribution in [3.05, 3.63) is 0 Å². The molecule has 0 radical (unpaired) electrons. The summed E-state index contributed by atoms with van der Waals surface area (Å²) in [4.78, 5) is 0. The highest BCUT2D eigenvalue weighted by molar-refractivity contribution is 4.88. The van der Waals surface area contributed by atoms with Crippen molar-refractivity contribution in [3.8, 4) is 0 Å². The first-order chi connectivity index (χ1) is 9.02. The summed E-state index contributed by atoms with van der Waals surface area (Å²) in [5.74, 6) is 0.525. The summed E-state index contributed by atoms with van der Waals surface area (Å²) in [6.07, 6.45) is 6.07. The van der Waals surface area contributed by atoms with Gasteiger partial charge in [0, 0.05) is 19.6 Å².